The lowest BCUT2D eigenvalue weighted by molar-refractivity contribution is 0.0911. The molecule has 4 heteroatoms. The molecule has 2 aromatic rings. The van der Waals surface area contributed by atoms with Crippen LogP contribution in [-0.4, -0.2) is 28.6 Å². The number of carbonyl (C=O) groups excluding carboxylic acids is 1. The van der Waals surface area contributed by atoms with Crippen LogP contribution in [0, 0.1) is 6.92 Å². The number of carbonyl (C=O) groups is 1. The SMILES string of the molecule is Cc1cccc(C(=O)NC(CO)Cc2ccccc2)n1. The highest BCUT2D eigenvalue weighted by atomic mass is 16.3. The minimum Gasteiger partial charge on any atom is -0.394 e. The summed E-state index contributed by atoms with van der Waals surface area (Å²) in [7, 11) is 0. The third kappa shape index (κ3) is 3.90. The topological polar surface area (TPSA) is 62.2 Å². The number of aliphatic hydroxyl groups excluding tert-OH is 1. The van der Waals surface area contributed by atoms with Gasteiger partial charge in [-0.1, -0.05) is 36.4 Å². The summed E-state index contributed by atoms with van der Waals surface area (Å²) in [5.41, 5.74) is 2.24. The molecule has 0 aliphatic carbocycles. The molecular formula is C16H18N2O2. The molecule has 0 aliphatic heterocycles. The quantitative estimate of drug-likeness (QED) is 0.869. The molecule has 1 heterocycles. The zero-order chi connectivity index (χ0) is 14.4. The number of pyridine rings is 1. The van der Waals surface area contributed by atoms with Gasteiger partial charge >= 0.3 is 0 Å². The van der Waals surface area contributed by atoms with E-state index in [1.165, 1.54) is 0 Å². The Morgan fingerprint density at radius 2 is 1.95 bits per heavy atom. The Morgan fingerprint density at radius 1 is 1.20 bits per heavy atom. The van der Waals surface area contributed by atoms with Crippen molar-refractivity contribution in [2.24, 2.45) is 0 Å². The zero-order valence-corrected chi connectivity index (χ0v) is 11.4. The largest absolute Gasteiger partial charge is 0.394 e. The molecule has 104 valence electrons. The molecule has 0 saturated carbocycles. The summed E-state index contributed by atoms with van der Waals surface area (Å²) in [6.07, 6.45) is 0.592. The van der Waals surface area contributed by atoms with E-state index in [-0.39, 0.29) is 18.6 Å². The van der Waals surface area contributed by atoms with Crippen molar-refractivity contribution in [1.29, 1.82) is 0 Å². The van der Waals surface area contributed by atoms with Crippen molar-refractivity contribution >= 4 is 5.91 Å². The van der Waals surface area contributed by atoms with Crippen LogP contribution in [0.5, 0.6) is 0 Å². The van der Waals surface area contributed by atoms with E-state index in [4.69, 9.17) is 0 Å². The van der Waals surface area contributed by atoms with Gasteiger partial charge in [-0.15, -0.1) is 0 Å². The number of hydrogen-bond donors (Lipinski definition) is 2. The van der Waals surface area contributed by atoms with E-state index >= 15 is 0 Å². The molecule has 2 N–H and O–H groups in total. The van der Waals surface area contributed by atoms with Crippen molar-refractivity contribution < 1.29 is 9.90 Å². The maximum absolute atomic E-state index is 12.1. The van der Waals surface area contributed by atoms with E-state index in [0.717, 1.165) is 11.3 Å². The van der Waals surface area contributed by atoms with Gasteiger partial charge in [-0.25, -0.2) is 4.98 Å². The maximum atomic E-state index is 12.1. The fourth-order valence-electron chi connectivity index (χ4n) is 1.99. The summed E-state index contributed by atoms with van der Waals surface area (Å²) in [6, 6.07) is 14.7. The molecule has 1 amide bonds. The Labute approximate surface area is 118 Å². The summed E-state index contributed by atoms with van der Waals surface area (Å²) in [4.78, 5) is 16.2. The number of nitrogens with zero attached hydrogens (tertiary/aromatic N) is 1. The highest BCUT2D eigenvalue weighted by molar-refractivity contribution is 5.92. The van der Waals surface area contributed by atoms with Crippen molar-refractivity contribution in [3.05, 3.63) is 65.5 Å². The van der Waals surface area contributed by atoms with Crippen LogP contribution >= 0.6 is 0 Å². The Hall–Kier alpha value is -2.20. The molecule has 0 fully saturated rings. The van der Waals surface area contributed by atoms with Gasteiger partial charge in [0.2, 0.25) is 0 Å². The molecule has 1 aromatic heterocycles. The van der Waals surface area contributed by atoms with E-state index in [2.05, 4.69) is 10.3 Å². The molecule has 0 aliphatic rings. The number of aryl methyl sites for hydroxylation is 1. The molecule has 4 nitrogen and oxygen atoms in total. The predicted molar refractivity (Wildman–Crippen MR) is 77.5 cm³/mol. The number of amides is 1. The minimum absolute atomic E-state index is 0.105. The van der Waals surface area contributed by atoms with Gasteiger partial charge in [0.15, 0.2) is 0 Å². The Morgan fingerprint density at radius 3 is 2.60 bits per heavy atom. The third-order valence-electron chi connectivity index (χ3n) is 3.00. The first-order valence-electron chi connectivity index (χ1n) is 6.58. The fourth-order valence-corrected chi connectivity index (χ4v) is 1.99. The average Bonchev–Trinajstić information content (AvgIpc) is 2.47. The third-order valence-corrected chi connectivity index (χ3v) is 3.00. The molecule has 0 spiro atoms. The Kier molecular flexibility index (Phi) is 4.85. The standard InChI is InChI=1S/C16H18N2O2/c1-12-6-5-9-15(17-12)16(20)18-14(11-19)10-13-7-3-2-4-8-13/h2-9,14,19H,10-11H2,1H3,(H,18,20). The van der Waals surface area contributed by atoms with Crippen LogP contribution in [0.15, 0.2) is 48.5 Å². The smallest absolute Gasteiger partial charge is 0.270 e. The van der Waals surface area contributed by atoms with Crippen LogP contribution in [0.1, 0.15) is 21.7 Å². The van der Waals surface area contributed by atoms with E-state index in [1.54, 1.807) is 12.1 Å². The molecule has 0 saturated heterocycles. The highest BCUT2D eigenvalue weighted by Gasteiger charge is 2.14. The average molecular weight is 270 g/mol. The predicted octanol–water partition coefficient (Wildman–Crippen LogP) is 1.72. The molecule has 0 bridgehead atoms. The van der Waals surface area contributed by atoms with E-state index < -0.39 is 0 Å². The molecule has 1 unspecified atom stereocenters. The highest BCUT2D eigenvalue weighted by Crippen LogP contribution is 2.04. The zero-order valence-electron chi connectivity index (χ0n) is 11.4. The van der Waals surface area contributed by atoms with Crippen LogP contribution < -0.4 is 5.32 Å². The van der Waals surface area contributed by atoms with Crippen LogP contribution in [0.3, 0.4) is 0 Å². The van der Waals surface area contributed by atoms with Crippen molar-refractivity contribution in [1.82, 2.24) is 10.3 Å². The van der Waals surface area contributed by atoms with Crippen molar-refractivity contribution in [3.8, 4) is 0 Å². The minimum atomic E-state index is -0.313. The lowest BCUT2D eigenvalue weighted by Gasteiger charge is -2.16. The second-order valence-electron chi connectivity index (χ2n) is 4.71. The van der Waals surface area contributed by atoms with Gasteiger partial charge in [0.1, 0.15) is 5.69 Å². The summed E-state index contributed by atoms with van der Waals surface area (Å²) >= 11 is 0. The number of hydrogen-bond acceptors (Lipinski definition) is 3. The molecule has 20 heavy (non-hydrogen) atoms. The lowest BCUT2D eigenvalue weighted by Crippen LogP contribution is -2.39. The molecule has 2 rings (SSSR count). The summed E-state index contributed by atoms with van der Waals surface area (Å²) in [6.45, 7) is 1.73. The molecule has 1 aromatic carbocycles. The molecule has 0 radical (unpaired) electrons. The van der Waals surface area contributed by atoms with Gasteiger partial charge in [-0.3, -0.25) is 4.79 Å². The van der Waals surface area contributed by atoms with Crippen molar-refractivity contribution in [3.63, 3.8) is 0 Å². The number of benzene rings is 1. The first kappa shape index (κ1) is 14.2. The van der Waals surface area contributed by atoms with E-state index in [9.17, 15) is 9.90 Å². The van der Waals surface area contributed by atoms with Gasteiger partial charge in [-0.2, -0.15) is 0 Å². The van der Waals surface area contributed by atoms with Gasteiger partial charge in [-0.05, 0) is 31.0 Å². The van der Waals surface area contributed by atoms with Crippen molar-refractivity contribution in [2.75, 3.05) is 6.61 Å². The van der Waals surface area contributed by atoms with Crippen LogP contribution in [0.2, 0.25) is 0 Å². The first-order chi connectivity index (χ1) is 9.69. The summed E-state index contributed by atoms with van der Waals surface area (Å²) in [5, 5.41) is 12.2. The normalized spacial score (nSPS) is 11.9. The number of rotatable bonds is 5. The summed E-state index contributed by atoms with van der Waals surface area (Å²) in [5.74, 6) is -0.260. The van der Waals surface area contributed by atoms with E-state index in [0.29, 0.717) is 12.1 Å². The fraction of sp³-hybridized carbons (Fsp3) is 0.250. The van der Waals surface area contributed by atoms with Crippen LogP contribution in [-0.2, 0) is 6.42 Å². The van der Waals surface area contributed by atoms with Crippen LogP contribution in [0.25, 0.3) is 0 Å². The van der Waals surface area contributed by atoms with Gasteiger partial charge in [0.05, 0.1) is 12.6 Å². The lowest BCUT2D eigenvalue weighted by atomic mass is 10.1. The molecule has 1 atom stereocenters. The maximum Gasteiger partial charge on any atom is 0.270 e. The van der Waals surface area contributed by atoms with Crippen molar-refractivity contribution in [2.45, 2.75) is 19.4 Å². The monoisotopic (exact) mass is 270 g/mol. The second-order valence-corrected chi connectivity index (χ2v) is 4.71. The number of aromatic nitrogens is 1. The first-order valence-corrected chi connectivity index (χ1v) is 6.58. The second kappa shape index (κ2) is 6.82. The Balaban J connectivity index is 2.01. The van der Waals surface area contributed by atoms with Gasteiger partial charge in [0, 0.05) is 5.69 Å². The molecular weight excluding hydrogens is 252 g/mol. The van der Waals surface area contributed by atoms with Gasteiger partial charge in [0.25, 0.3) is 5.91 Å². The Bertz CT molecular complexity index is 570. The summed E-state index contributed by atoms with van der Waals surface area (Å²) < 4.78 is 0. The number of nitrogens with one attached hydrogen (secondary N) is 1. The van der Waals surface area contributed by atoms with E-state index in [1.807, 2.05) is 43.3 Å². The van der Waals surface area contributed by atoms with Crippen LogP contribution in [0.4, 0.5) is 0 Å². The van der Waals surface area contributed by atoms with Gasteiger partial charge < -0.3 is 10.4 Å². The number of aliphatic hydroxyl groups is 1.